The molecule has 0 saturated carbocycles. The van der Waals surface area contributed by atoms with E-state index in [1.807, 2.05) is 6.92 Å². The predicted molar refractivity (Wildman–Crippen MR) is 96.4 cm³/mol. The maximum Gasteiger partial charge on any atom is 0.291 e. The quantitative estimate of drug-likeness (QED) is 0.535. The largest absolute Gasteiger partial charge is 0.323 e. The molecule has 4 aromatic rings. The second-order valence-corrected chi connectivity index (χ2v) is 8.21. The maximum atomic E-state index is 12.9. The lowest BCUT2D eigenvalue weighted by Gasteiger charge is -2.05. The van der Waals surface area contributed by atoms with Crippen LogP contribution in [-0.4, -0.2) is 39.8 Å². The van der Waals surface area contributed by atoms with Gasteiger partial charge in [0.25, 0.3) is 5.56 Å². The monoisotopic (exact) mass is 374 g/mol. The van der Waals surface area contributed by atoms with E-state index < -0.39 is 10.8 Å². The van der Waals surface area contributed by atoms with Gasteiger partial charge in [0.05, 0.1) is 28.2 Å². The van der Waals surface area contributed by atoms with Crippen molar-refractivity contribution >= 4 is 43.4 Å². The number of rotatable bonds is 3. The molecule has 128 valence electrons. The van der Waals surface area contributed by atoms with Crippen LogP contribution in [0.2, 0.25) is 0 Å². The number of hydrogen-bond donors (Lipinski definition) is 0. The summed E-state index contributed by atoms with van der Waals surface area (Å²) < 4.78 is 16.2. The van der Waals surface area contributed by atoms with Crippen molar-refractivity contribution < 1.29 is 4.21 Å². The number of nitrogens with zero attached hydrogens (tertiary/aromatic N) is 6. The van der Waals surface area contributed by atoms with Crippen molar-refractivity contribution in [2.45, 2.75) is 17.8 Å². The Morgan fingerprint density at radius 2 is 1.96 bits per heavy atom. The fourth-order valence-electron chi connectivity index (χ4n) is 2.68. The lowest BCUT2D eigenvalue weighted by Crippen LogP contribution is -2.24. The highest BCUT2D eigenvalue weighted by molar-refractivity contribution is 7.86. The van der Waals surface area contributed by atoms with Crippen LogP contribution in [0.3, 0.4) is 0 Å². The molecule has 0 saturated heterocycles. The first-order valence-electron chi connectivity index (χ1n) is 7.41. The van der Waals surface area contributed by atoms with Crippen LogP contribution in [-0.2, 0) is 24.4 Å². The van der Waals surface area contributed by atoms with Gasteiger partial charge < -0.3 is 4.57 Å². The van der Waals surface area contributed by atoms with E-state index >= 15 is 0 Å². The molecule has 0 spiro atoms. The summed E-state index contributed by atoms with van der Waals surface area (Å²) in [4.78, 5) is 25.5. The summed E-state index contributed by atoms with van der Waals surface area (Å²) in [6.45, 7) is 2.10. The number of hydrogen-bond acceptors (Lipinski definition) is 7. The van der Waals surface area contributed by atoms with Gasteiger partial charge >= 0.3 is 0 Å². The minimum Gasteiger partial charge on any atom is -0.323 e. The second kappa shape index (κ2) is 5.81. The molecule has 0 aromatic carbocycles. The van der Waals surface area contributed by atoms with Gasteiger partial charge in [-0.3, -0.25) is 9.00 Å². The van der Waals surface area contributed by atoms with Gasteiger partial charge in [-0.15, -0.1) is 11.3 Å². The minimum absolute atomic E-state index is 0.204. The highest BCUT2D eigenvalue weighted by Crippen LogP contribution is 2.31. The molecular weight excluding hydrogens is 360 g/mol. The lowest BCUT2D eigenvalue weighted by molar-refractivity contribution is 0.640. The van der Waals surface area contributed by atoms with Gasteiger partial charge in [-0.25, -0.2) is 19.6 Å². The van der Waals surface area contributed by atoms with Gasteiger partial charge in [0.15, 0.2) is 9.99 Å². The zero-order chi connectivity index (χ0) is 17.7. The van der Waals surface area contributed by atoms with Crippen molar-refractivity contribution in [3.63, 3.8) is 0 Å². The van der Waals surface area contributed by atoms with Crippen molar-refractivity contribution in [2.24, 2.45) is 7.05 Å². The van der Waals surface area contributed by atoms with E-state index in [9.17, 15) is 9.00 Å². The molecule has 0 aliphatic rings. The van der Waals surface area contributed by atoms with E-state index in [0.29, 0.717) is 27.9 Å². The molecule has 1 unspecified atom stereocenters. The summed E-state index contributed by atoms with van der Waals surface area (Å²) in [7, 11) is 0.632. The Balaban J connectivity index is 1.87. The number of thiazole rings is 1. The number of aromatic nitrogens is 6. The third-order valence-electron chi connectivity index (χ3n) is 3.92. The minimum atomic E-state index is -1.15. The Morgan fingerprint density at radius 3 is 2.64 bits per heavy atom. The van der Waals surface area contributed by atoms with E-state index in [2.05, 4.69) is 20.1 Å². The van der Waals surface area contributed by atoms with Crippen molar-refractivity contribution in [1.82, 2.24) is 29.3 Å². The first kappa shape index (κ1) is 16.0. The standard InChI is InChI=1S/C15H14N6O2S2/c1-8-16-4-9(5-17-8)7-21-14(22)11-10(6-18-21)12-13(20(11)2)19-15(24-12)25(3)23/h4-6H,7H2,1-3H3. The third-order valence-corrected chi connectivity index (χ3v) is 6.33. The normalized spacial score (nSPS) is 12.9. The van der Waals surface area contributed by atoms with E-state index in [4.69, 9.17) is 0 Å². The number of fused-ring (bicyclic) bond motifs is 3. The summed E-state index contributed by atoms with van der Waals surface area (Å²) >= 11 is 1.34. The fourth-order valence-corrected chi connectivity index (χ4v) is 4.45. The van der Waals surface area contributed by atoms with Crippen LogP contribution < -0.4 is 5.56 Å². The van der Waals surface area contributed by atoms with Crippen LogP contribution in [0.25, 0.3) is 21.3 Å². The van der Waals surface area contributed by atoms with Gasteiger partial charge in [0, 0.05) is 36.6 Å². The van der Waals surface area contributed by atoms with Crippen LogP contribution >= 0.6 is 11.3 Å². The first-order chi connectivity index (χ1) is 12.0. The van der Waals surface area contributed by atoms with E-state index in [1.54, 1.807) is 36.5 Å². The summed E-state index contributed by atoms with van der Waals surface area (Å²) in [6.07, 6.45) is 6.63. The Bertz CT molecular complexity index is 1190. The van der Waals surface area contributed by atoms with Gasteiger partial charge in [0.2, 0.25) is 0 Å². The van der Waals surface area contributed by atoms with Crippen LogP contribution in [0.15, 0.2) is 27.7 Å². The molecule has 0 radical (unpaired) electrons. The summed E-state index contributed by atoms with van der Waals surface area (Å²) in [5, 5.41) is 5.01. The molecule has 25 heavy (non-hydrogen) atoms. The zero-order valence-corrected chi connectivity index (χ0v) is 15.4. The summed E-state index contributed by atoms with van der Waals surface area (Å²) in [6, 6.07) is 0. The summed E-state index contributed by atoms with van der Waals surface area (Å²) in [5.41, 5.74) is 1.79. The van der Waals surface area contributed by atoms with E-state index in [-0.39, 0.29) is 5.56 Å². The van der Waals surface area contributed by atoms with Crippen LogP contribution in [0.5, 0.6) is 0 Å². The lowest BCUT2D eigenvalue weighted by atomic mass is 10.3. The Kier molecular flexibility index (Phi) is 3.73. The smallest absolute Gasteiger partial charge is 0.291 e. The molecule has 4 rings (SSSR count). The van der Waals surface area contributed by atoms with Crippen molar-refractivity contribution in [1.29, 1.82) is 0 Å². The highest BCUT2D eigenvalue weighted by atomic mass is 32.2. The maximum absolute atomic E-state index is 12.9. The second-order valence-electron chi connectivity index (χ2n) is 5.65. The Labute approximate surface area is 148 Å². The molecule has 1 atom stereocenters. The van der Waals surface area contributed by atoms with Crippen molar-refractivity contribution in [3.05, 3.63) is 40.3 Å². The topological polar surface area (TPSA) is 95.6 Å². The molecular formula is C15H14N6O2S2. The molecule has 0 aliphatic carbocycles. The average molecular weight is 374 g/mol. The molecule has 0 aliphatic heterocycles. The Hall–Kier alpha value is -2.46. The molecule has 0 N–H and O–H groups in total. The van der Waals surface area contributed by atoms with Gasteiger partial charge in [-0.1, -0.05) is 0 Å². The predicted octanol–water partition coefficient (Wildman–Crippen LogP) is 1.23. The zero-order valence-electron chi connectivity index (χ0n) is 13.8. The van der Waals surface area contributed by atoms with Crippen molar-refractivity contribution in [3.8, 4) is 0 Å². The van der Waals surface area contributed by atoms with E-state index in [1.165, 1.54) is 16.0 Å². The van der Waals surface area contributed by atoms with Gasteiger partial charge in [-0.2, -0.15) is 5.10 Å². The van der Waals surface area contributed by atoms with Crippen LogP contribution in [0.1, 0.15) is 11.4 Å². The van der Waals surface area contributed by atoms with Crippen LogP contribution in [0.4, 0.5) is 0 Å². The molecule has 0 bridgehead atoms. The van der Waals surface area contributed by atoms with Crippen molar-refractivity contribution in [2.75, 3.05) is 6.26 Å². The molecule has 10 heteroatoms. The molecule has 4 heterocycles. The van der Waals surface area contributed by atoms with Gasteiger partial charge in [-0.05, 0) is 6.92 Å². The molecule has 0 amide bonds. The van der Waals surface area contributed by atoms with Crippen LogP contribution in [0, 0.1) is 6.92 Å². The average Bonchev–Trinajstić information content (AvgIpc) is 3.12. The molecule has 0 fully saturated rings. The molecule has 4 aromatic heterocycles. The third kappa shape index (κ3) is 2.57. The summed E-state index contributed by atoms with van der Waals surface area (Å²) in [5.74, 6) is 0.678. The molecule has 8 nitrogen and oxygen atoms in total. The highest BCUT2D eigenvalue weighted by Gasteiger charge is 2.19. The SMILES string of the molecule is Cc1ncc(Cn2ncc3c4sc(S(C)=O)nc4n(C)c3c2=O)cn1. The van der Waals surface area contributed by atoms with Gasteiger partial charge in [0.1, 0.15) is 11.3 Å². The van der Waals surface area contributed by atoms with E-state index in [0.717, 1.165) is 15.6 Å². The fraction of sp³-hybridized carbons (Fsp3) is 0.267. The number of aryl methyl sites for hydroxylation is 2. The Morgan fingerprint density at radius 1 is 1.24 bits per heavy atom. The first-order valence-corrected chi connectivity index (χ1v) is 9.79.